The zero-order chi connectivity index (χ0) is 16.4. The Morgan fingerprint density at radius 1 is 1.43 bits per heavy atom. The first-order chi connectivity index (χ1) is 10.9. The van der Waals surface area contributed by atoms with Gasteiger partial charge < -0.3 is 14.5 Å². The lowest BCUT2D eigenvalue weighted by Crippen LogP contribution is -2.28. The molecule has 0 aliphatic carbocycles. The van der Waals surface area contributed by atoms with Gasteiger partial charge in [-0.05, 0) is 0 Å². The molecule has 0 saturated carbocycles. The van der Waals surface area contributed by atoms with Gasteiger partial charge >= 0.3 is 6.03 Å². The van der Waals surface area contributed by atoms with E-state index in [2.05, 4.69) is 20.6 Å². The van der Waals surface area contributed by atoms with E-state index in [1.54, 1.807) is 6.20 Å². The average molecular weight is 336 g/mol. The van der Waals surface area contributed by atoms with E-state index in [-0.39, 0.29) is 18.0 Å². The predicted octanol–water partition coefficient (Wildman–Crippen LogP) is 2.82. The van der Waals surface area contributed by atoms with Crippen molar-refractivity contribution in [3.63, 3.8) is 0 Å². The molecule has 2 N–H and O–H groups in total. The fraction of sp³-hybridized carbons (Fsp3) is 0.533. The molecule has 2 aromatic rings. The number of hydrogen-bond donors (Lipinski definition) is 2. The number of anilines is 1. The first kappa shape index (κ1) is 15.9. The number of carbonyl (C=O) groups is 1. The Balaban J connectivity index is 1.53. The van der Waals surface area contributed by atoms with Gasteiger partial charge in [0.05, 0.1) is 36.5 Å². The number of nitrogens with one attached hydrogen (secondary N) is 2. The summed E-state index contributed by atoms with van der Waals surface area (Å²) in [6, 6.07) is -0.326. The zero-order valence-electron chi connectivity index (χ0n) is 13.4. The highest BCUT2D eigenvalue weighted by Crippen LogP contribution is 2.27. The summed E-state index contributed by atoms with van der Waals surface area (Å²) in [6.45, 7) is 7.63. The van der Waals surface area contributed by atoms with Crippen LogP contribution in [0.2, 0.25) is 0 Å². The second kappa shape index (κ2) is 6.29. The zero-order valence-corrected chi connectivity index (χ0v) is 14.2. The predicted molar refractivity (Wildman–Crippen MR) is 86.5 cm³/mol. The first-order valence-electron chi connectivity index (χ1n) is 7.48. The highest BCUT2D eigenvalue weighted by molar-refractivity contribution is 7.15. The summed E-state index contributed by atoms with van der Waals surface area (Å²) in [6.07, 6.45) is 2.49. The maximum absolute atomic E-state index is 11.9. The molecule has 3 rings (SSSR count). The van der Waals surface area contributed by atoms with Crippen molar-refractivity contribution >= 4 is 22.5 Å². The number of rotatable bonds is 3. The molecule has 1 aliphatic heterocycles. The van der Waals surface area contributed by atoms with Crippen LogP contribution in [0.3, 0.4) is 0 Å². The van der Waals surface area contributed by atoms with Gasteiger partial charge in [-0.3, -0.25) is 5.32 Å². The SMILES string of the molecule is CC(C)(C)c1cnc(CNC(=O)Nc2nc3c(s2)COCC3)o1. The quantitative estimate of drug-likeness (QED) is 0.899. The number of carbonyl (C=O) groups excluding carboxylic acids is 1. The van der Waals surface area contributed by atoms with Crippen LogP contribution in [-0.2, 0) is 29.7 Å². The van der Waals surface area contributed by atoms with E-state index in [0.29, 0.717) is 24.2 Å². The molecule has 8 heteroatoms. The average Bonchev–Trinajstić information content (AvgIpc) is 3.10. The highest BCUT2D eigenvalue weighted by atomic mass is 32.1. The molecule has 1 aliphatic rings. The van der Waals surface area contributed by atoms with Gasteiger partial charge in [0, 0.05) is 11.8 Å². The third-order valence-corrected chi connectivity index (χ3v) is 4.39. The van der Waals surface area contributed by atoms with E-state index < -0.39 is 0 Å². The van der Waals surface area contributed by atoms with Gasteiger partial charge in [-0.1, -0.05) is 32.1 Å². The Morgan fingerprint density at radius 2 is 2.26 bits per heavy atom. The highest BCUT2D eigenvalue weighted by Gasteiger charge is 2.20. The topological polar surface area (TPSA) is 89.3 Å². The molecule has 0 atom stereocenters. The maximum atomic E-state index is 11.9. The molecule has 2 amide bonds. The van der Waals surface area contributed by atoms with E-state index in [9.17, 15) is 4.79 Å². The van der Waals surface area contributed by atoms with Crippen molar-refractivity contribution < 1.29 is 13.9 Å². The molecular formula is C15H20N4O3S. The van der Waals surface area contributed by atoms with Crippen molar-refractivity contribution in [1.82, 2.24) is 15.3 Å². The van der Waals surface area contributed by atoms with Crippen molar-refractivity contribution in [2.24, 2.45) is 0 Å². The molecule has 0 aromatic carbocycles. The Hall–Kier alpha value is -1.93. The molecule has 0 saturated heterocycles. The minimum atomic E-state index is -0.326. The maximum Gasteiger partial charge on any atom is 0.321 e. The van der Waals surface area contributed by atoms with Crippen molar-refractivity contribution in [1.29, 1.82) is 0 Å². The van der Waals surface area contributed by atoms with Crippen molar-refractivity contribution in [3.05, 3.63) is 28.4 Å². The lowest BCUT2D eigenvalue weighted by Gasteiger charge is -2.13. The Kier molecular flexibility index (Phi) is 4.36. The summed E-state index contributed by atoms with van der Waals surface area (Å²) in [5.41, 5.74) is 0.911. The molecule has 3 heterocycles. The molecule has 7 nitrogen and oxygen atoms in total. The minimum absolute atomic E-state index is 0.102. The van der Waals surface area contributed by atoms with Crippen molar-refractivity contribution in [3.8, 4) is 0 Å². The van der Waals surface area contributed by atoms with E-state index in [0.717, 1.165) is 22.8 Å². The normalized spacial score (nSPS) is 14.4. The van der Waals surface area contributed by atoms with Gasteiger partial charge in [0.1, 0.15) is 5.76 Å². The largest absolute Gasteiger partial charge is 0.443 e. The van der Waals surface area contributed by atoms with Gasteiger partial charge in [-0.2, -0.15) is 0 Å². The molecule has 23 heavy (non-hydrogen) atoms. The lowest BCUT2D eigenvalue weighted by atomic mass is 9.94. The molecule has 2 aromatic heterocycles. The van der Waals surface area contributed by atoms with Crippen LogP contribution in [0.4, 0.5) is 9.93 Å². The lowest BCUT2D eigenvalue weighted by molar-refractivity contribution is 0.112. The molecule has 124 valence electrons. The smallest absolute Gasteiger partial charge is 0.321 e. The fourth-order valence-corrected chi connectivity index (χ4v) is 3.06. The summed E-state index contributed by atoms with van der Waals surface area (Å²) in [7, 11) is 0. The molecular weight excluding hydrogens is 316 g/mol. The number of nitrogens with zero attached hydrogens (tertiary/aromatic N) is 2. The number of hydrogen-bond acceptors (Lipinski definition) is 6. The van der Waals surface area contributed by atoms with E-state index in [1.165, 1.54) is 11.3 Å². The van der Waals surface area contributed by atoms with Gasteiger partial charge in [0.2, 0.25) is 5.89 Å². The summed E-state index contributed by atoms with van der Waals surface area (Å²) >= 11 is 1.45. The van der Waals surface area contributed by atoms with Gasteiger partial charge in [-0.25, -0.2) is 14.8 Å². The second-order valence-corrected chi connectivity index (χ2v) is 7.45. The van der Waals surface area contributed by atoms with Crippen LogP contribution < -0.4 is 10.6 Å². The van der Waals surface area contributed by atoms with E-state index >= 15 is 0 Å². The van der Waals surface area contributed by atoms with Crippen LogP contribution in [0, 0.1) is 0 Å². The number of fused-ring (bicyclic) bond motifs is 1. The van der Waals surface area contributed by atoms with Crippen LogP contribution in [0.25, 0.3) is 0 Å². The third-order valence-electron chi connectivity index (χ3n) is 3.41. The van der Waals surface area contributed by atoms with E-state index in [4.69, 9.17) is 9.15 Å². The van der Waals surface area contributed by atoms with E-state index in [1.807, 2.05) is 20.8 Å². The Morgan fingerprint density at radius 3 is 2.96 bits per heavy atom. The van der Waals surface area contributed by atoms with Crippen LogP contribution in [0.5, 0.6) is 0 Å². The van der Waals surface area contributed by atoms with Gasteiger partial charge in [0.15, 0.2) is 5.13 Å². The minimum Gasteiger partial charge on any atom is -0.443 e. The number of thiazole rings is 1. The number of ether oxygens (including phenoxy) is 1. The van der Waals surface area contributed by atoms with Gasteiger partial charge in [0.25, 0.3) is 0 Å². The molecule has 0 fully saturated rings. The van der Waals surface area contributed by atoms with Crippen molar-refractivity contribution in [2.45, 2.75) is 45.8 Å². The number of urea groups is 1. The summed E-state index contributed by atoms with van der Waals surface area (Å²) < 4.78 is 11.0. The molecule has 0 bridgehead atoms. The summed E-state index contributed by atoms with van der Waals surface area (Å²) in [5, 5.41) is 6.04. The van der Waals surface area contributed by atoms with Gasteiger partial charge in [-0.15, -0.1) is 0 Å². The monoisotopic (exact) mass is 336 g/mol. The second-order valence-electron chi connectivity index (χ2n) is 6.37. The van der Waals surface area contributed by atoms with Crippen molar-refractivity contribution in [2.75, 3.05) is 11.9 Å². The molecule has 0 spiro atoms. The van der Waals surface area contributed by atoms with Crippen LogP contribution in [0.1, 0.15) is 43.0 Å². The summed E-state index contributed by atoms with van der Waals surface area (Å²) in [4.78, 5) is 21.6. The number of aromatic nitrogens is 2. The Bertz CT molecular complexity index is 678. The number of oxazole rings is 1. The van der Waals surface area contributed by atoms with Crippen LogP contribution >= 0.6 is 11.3 Å². The third kappa shape index (κ3) is 3.89. The Labute approximate surface area is 138 Å². The number of amides is 2. The molecule has 0 unspecified atom stereocenters. The first-order valence-corrected chi connectivity index (χ1v) is 8.30. The molecule has 0 radical (unpaired) electrons. The van der Waals surface area contributed by atoms with Crippen LogP contribution in [0.15, 0.2) is 10.6 Å². The fourth-order valence-electron chi connectivity index (χ4n) is 2.11. The standard InChI is InChI=1S/C15H20N4O3S/c1-15(2,3)11-6-16-12(22-11)7-17-13(20)19-14-18-9-4-5-21-8-10(9)23-14/h6H,4-5,7-8H2,1-3H3,(H2,17,18,19,20). The summed E-state index contributed by atoms with van der Waals surface area (Å²) in [5.74, 6) is 1.28. The van der Waals surface area contributed by atoms with Crippen LogP contribution in [-0.4, -0.2) is 22.6 Å².